The number of aliphatic imine (C=N–C) groups is 2. The second-order valence-corrected chi connectivity index (χ2v) is 7.89. The Bertz CT molecular complexity index is 846. The minimum Gasteiger partial charge on any atom is -0.507 e. The Morgan fingerprint density at radius 1 is 0.759 bits per heavy atom. The summed E-state index contributed by atoms with van der Waals surface area (Å²) in [5.41, 5.74) is 5.32. The van der Waals surface area contributed by atoms with Crippen molar-refractivity contribution in [2.45, 2.75) is 65.5 Å². The molecule has 2 aromatic carbocycles. The average Bonchev–Trinajstić information content (AvgIpc) is 2.63. The van der Waals surface area contributed by atoms with Crippen LogP contribution in [-0.2, 0) is 21.1 Å². The van der Waals surface area contributed by atoms with Gasteiger partial charge in [0.15, 0.2) is 0 Å². The van der Waals surface area contributed by atoms with Gasteiger partial charge in [0.25, 0.3) is 0 Å². The molecular weight excluding hydrogens is 543 g/mol. The summed E-state index contributed by atoms with van der Waals surface area (Å²) in [5, 5.41) is 20.5. The van der Waals surface area contributed by atoms with Gasteiger partial charge in [0, 0.05) is 43.6 Å². The number of aryl methyl sites for hydroxylation is 2. The van der Waals surface area contributed by atoms with Gasteiger partial charge in [0.1, 0.15) is 11.5 Å². The van der Waals surface area contributed by atoms with Gasteiger partial charge in [-0.05, 0) is 75.9 Å². The van der Waals surface area contributed by atoms with Gasteiger partial charge in [0.2, 0.25) is 0 Å². The SMILES string of the molecule is CC(=NC1CCCCC1N=C(C)c1ccc(C)cc1O)c1ccc(C)cc1O.[Pt]. The maximum absolute atomic E-state index is 10.3. The third-order valence-corrected chi connectivity index (χ3v) is 5.50. The predicted molar refractivity (Wildman–Crippen MR) is 116 cm³/mol. The third kappa shape index (κ3) is 5.79. The Hall–Kier alpha value is -1.93. The predicted octanol–water partition coefficient (Wildman–Crippen LogP) is 5.34. The van der Waals surface area contributed by atoms with E-state index < -0.39 is 0 Å². The quantitative estimate of drug-likeness (QED) is 0.485. The molecule has 1 aliphatic rings. The molecule has 1 aliphatic carbocycles. The molecule has 0 aliphatic heterocycles. The van der Waals surface area contributed by atoms with E-state index in [9.17, 15) is 10.2 Å². The van der Waals surface area contributed by atoms with Crippen LogP contribution in [0.3, 0.4) is 0 Å². The van der Waals surface area contributed by atoms with Crippen molar-refractivity contribution in [3.05, 3.63) is 58.7 Å². The molecule has 2 atom stereocenters. The number of phenols is 2. The van der Waals surface area contributed by atoms with E-state index in [0.29, 0.717) is 0 Å². The molecule has 29 heavy (non-hydrogen) atoms. The first-order valence-electron chi connectivity index (χ1n) is 10.0. The van der Waals surface area contributed by atoms with Gasteiger partial charge >= 0.3 is 0 Å². The number of rotatable bonds is 4. The molecule has 3 rings (SSSR count). The first kappa shape index (κ1) is 23.3. The average molecular weight is 574 g/mol. The molecule has 1 fully saturated rings. The van der Waals surface area contributed by atoms with Gasteiger partial charge in [0.05, 0.1) is 12.1 Å². The second-order valence-electron chi connectivity index (χ2n) is 7.89. The molecule has 4 nitrogen and oxygen atoms in total. The van der Waals surface area contributed by atoms with Gasteiger partial charge < -0.3 is 10.2 Å². The molecule has 2 aromatic rings. The molecule has 0 spiro atoms. The van der Waals surface area contributed by atoms with Gasteiger partial charge in [-0.1, -0.05) is 25.0 Å². The number of hydrogen-bond acceptors (Lipinski definition) is 4. The summed E-state index contributed by atoms with van der Waals surface area (Å²) in [7, 11) is 0. The van der Waals surface area contributed by atoms with E-state index in [4.69, 9.17) is 9.98 Å². The zero-order chi connectivity index (χ0) is 20.3. The van der Waals surface area contributed by atoms with E-state index in [1.807, 2.05) is 52.0 Å². The second kappa shape index (κ2) is 10.2. The maximum atomic E-state index is 10.3. The molecule has 0 aromatic heterocycles. The van der Waals surface area contributed by atoms with Crippen LogP contribution in [0.2, 0.25) is 0 Å². The van der Waals surface area contributed by atoms with Crippen LogP contribution in [0.1, 0.15) is 61.8 Å². The maximum Gasteiger partial charge on any atom is 0.124 e. The van der Waals surface area contributed by atoms with Crippen LogP contribution in [0.25, 0.3) is 0 Å². The summed E-state index contributed by atoms with van der Waals surface area (Å²) in [6, 6.07) is 11.6. The van der Waals surface area contributed by atoms with Crippen LogP contribution in [0, 0.1) is 13.8 Å². The number of hydrogen-bond donors (Lipinski definition) is 2. The van der Waals surface area contributed by atoms with Gasteiger partial charge in [-0.15, -0.1) is 0 Å². The van der Waals surface area contributed by atoms with Crippen LogP contribution < -0.4 is 0 Å². The minimum absolute atomic E-state index is 0. The molecule has 158 valence electrons. The van der Waals surface area contributed by atoms with E-state index in [0.717, 1.165) is 59.4 Å². The molecule has 5 heteroatoms. The number of nitrogens with zero attached hydrogens (tertiary/aromatic N) is 2. The number of phenolic OH excluding ortho intramolecular Hbond substituents is 2. The molecule has 1 saturated carbocycles. The monoisotopic (exact) mass is 573 g/mol. The fourth-order valence-electron chi connectivity index (χ4n) is 3.92. The molecule has 0 heterocycles. The molecule has 0 bridgehead atoms. The summed E-state index contributed by atoms with van der Waals surface area (Å²) in [4.78, 5) is 9.90. The molecule has 0 amide bonds. The van der Waals surface area contributed by atoms with E-state index in [2.05, 4.69) is 0 Å². The fourth-order valence-corrected chi connectivity index (χ4v) is 3.92. The Morgan fingerprint density at radius 3 is 1.48 bits per heavy atom. The van der Waals surface area contributed by atoms with E-state index >= 15 is 0 Å². The van der Waals surface area contributed by atoms with Crippen LogP contribution in [0.4, 0.5) is 0 Å². The van der Waals surface area contributed by atoms with Crippen LogP contribution in [-0.4, -0.2) is 33.7 Å². The smallest absolute Gasteiger partial charge is 0.124 e. The van der Waals surface area contributed by atoms with E-state index in [1.54, 1.807) is 12.1 Å². The van der Waals surface area contributed by atoms with Crippen molar-refractivity contribution in [1.29, 1.82) is 0 Å². The first-order valence-corrected chi connectivity index (χ1v) is 10.0. The first-order chi connectivity index (χ1) is 13.3. The van der Waals surface area contributed by atoms with Crippen molar-refractivity contribution >= 4 is 11.4 Å². The van der Waals surface area contributed by atoms with Crippen molar-refractivity contribution in [1.82, 2.24) is 0 Å². The summed E-state index contributed by atoms with van der Waals surface area (Å²) in [6.45, 7) is 7.84. The van der Waals surface area contributed by atoms with Gasteiger partial charge in [-0.2, -0.15) is 0 Å². The Morgan fingerprint density at radius 2 is 1.14 bits per heavy atom. The van der Waals surface area contributed by atoms with E-state index in [-0.39, 0.29) is 44.6 Å². The largest absolute Gasteiger partial charge is 0.507 e. The topological polar surface area (TPSA) is 65.2 Å². The summed E-state index contributed by atoms with van der Waals surface area (Å²) >= 11 is 0. The molecular formula is C24H30N2O2Pt. The molecule has 0 radical (unpaired) electrons. The summed E-state index contributed by atoms with van der Waals surface area (Å²) < 4.78 is 0. The standard InChI is InChI=1S/C24H30N2O2.Pt/c1-15-9-11-19(23(27)13-15)17(3)25-21-7-5-6-8-22(21)26-18(4)20-12-10-16(2)14-24(20)28;/h9-14,21-22,27-28H,5-8H2,1-4H3;. The minimum atomic E-state index is 0. The normalized spacial score (nSPS) is 20.3. The summed E-state index contributed by atoms with van der Waals surface area (Å²) in [5.74, 6) is 0.552. The summed E-state index contributed by atoms with van der Waals surface area (Å²) in [6.07, 6.45) is 4.26. The Balaban J connectivity index is 0.00000300. The van der Waals surface area contributed by atoms with Crippen LogP contribution >= 0.6 is 0 Å². The molecule has 0 saturated heterocycles. The van der Waals surface area contributed by atoms with Crippen molar-refractivity contribution in [2.75, 3.05) is 0 Å². The van der Waals surface area contributed by atoms with E-state index in [1.165, 1.54) is 0 Å². The Kier molecular flexibility index (Phi) is 8.22. The van der Waals surface area contributed by atoms with Crippen LogP contribution in [0.15, 0.2) is 46.4 Å². The number of aromatic hydroxyl groups is 2. The zero-order valence-corrected chi connectivity index (χ0v) is 19.8. The Labute approximate surface area is 188 Å². The van der Waals surface area contributed by atoms with Crippen molar-refractivity contribution in [3.8, 4) is 11.5 Å². The van der Waals surface area contributed by atoms with Crippen molar-refractivity contribution in [3.63, 3.8) is 0 Å². The fraction of sp³-hybridized carbons (Fsp3) is 0.417. The van der Waals surface area contributed by atoms with Crippen LogP contribution in [0.5, 0.6) is 11.5 Å². The van der Waals surface area contributed by atoms with Gasteiger partial charge in [-0.25, -0.2) is 0 Å². The third-order valence-electron chi connectivity index (χ3n) is 5.50. The molecule has 2 N–H and O–H groups in total. The molecule has 2 unspecified atom stereocenters. The van der Waals surface area contributed by atoms with Gasteiger partial charge in [-0.3, -0.25) is 9.98 Å². The zero-order valence-electron chi connectivity index (χ0n) is 17.6. The number of benzene rings is 2. The van der Waals surface area contributed by atoms with Crippen molar-refractivity contribution < 1.29 is 31.3 Å². The van der Waals surface area contributed by atoms with Crippen molar-refractivity contribution in [2.24, 2.45) is 9.98 Å².